The summed E-state index contributed by atoms with van der Waals surface area (Å²) in [5.74, 6) is 1.87. The van der Waals surface area contributed by atoms with Gasteiger partial charge in [0.05, 0.1) is 0 Å². The molecule has 3 nitrogen and oxygen atoms in total. The van der Waals surface area contributed by atoms with Crippen molar-refractivity contribution in [2.75, 3.05) is 12.0 Å². The normalized spacial score (nSPS) is 13.4. The lowest BCUT2D eigenvalue weighted by Crippen LogP contribution is -1.95. The summed E-state index contributed by atoms with van der Waals surface area (Å²) in [6.07, 6.45) is 2.04. The van der Waals surface area contributed by atoms with Gasteiger partial charge in [0.2, 0.25) is 5.89 Å². The number of nitrogens with zero attached hydrogens (tertiary/aromatic N) is 2. The van der Waals surface area contributed by atoms with Crippen LogP contribution >= 0.6 is 23.4 Å². The van der Waals surface area contributed by atoms with E-state index in [4.69, 9.17) is 16.1 Å². The van der Waals surface area contributed by atoms with E-state index in [0.29, 0.717) is 5.89 Å². The first-order valence-corrected chi connectivity index (χ1v) is 4.99. The van der Waals surface area contributed by atoms with Crippen molar-refractivity contribution in [3.8, 4) is 0 Å². The van der Waals surface area contributed by atoms with Crippen molar-refractivity contribution in [2.45, 2.75) is 12.8 Å². The highest BCUT2D eigenvalue weighted by Crippen LogP contribution is 2.17. The van der Waals surface area contributed by atoms with E-state index in [2.05, 4.69) is 10.1 Å². The summed E-state index contributed by atoms with van der Waals surface area (Å²) < 4.78 is 4.87. The van der Waals surface area contributed by atoms with Crippen molar-refractivity contribution < 1.29 is 4.52 Å². The Labute approximate surface area is 74.5 Å². The van der Waals surface area contributed by atoms with E-state index in [9.17, 15) is 0 Å². The van der Waals surface area contributed by atoms with Crippen LogP contribution in [0.15, 0.2) is 4.52 Å². The van der Waals surface area contributed by atoms with E-state index in [1.54, 1.807) is 11.8 Å². The molecule has 0 amide bonds. The topological polar surface area (TPSA) is 38.9 Å². The number of hydrogen-bond donors (Lipinski definition) is 0. The molecule has 1 aromatic heterocycles. The second kappa shape index (κ2) is 3.97. The number of halogens is 1. The van der Waals surface area contributed by atoms with Crippen LogP contribution in [0.2, 0.25) is 5.28 Å². The van der Waals surface area contributed by atoms with E-state index in [-0.39, 0.29) is 11.2 Å². The molecule has 11 heavy (non-hydrogen) atoms. The van der Waals surface area contributed by atoms with Crippen molar-refractivity contribution in [1.29, 1.82) is 0 Å². The first-order valence-electron chi connectivity index (χ1n) is 3.22. The second-order valence-corrected chi connectivity index (χ2v) is 3.51. The molecule has 0 saturated carbocycles. The van der Waals surface area contributed by atoms with Gasteiger partial charge in [-0.1, -0.05) is 6.92 Å². The molecule has 0 aliphatic rings. The fourth-order valence-electron chi connectivity index (χ4n) is 0.738. The number of hydrogen-bond acceptors (Lipinski definition) is 4. The molecule has 5 heteroatoms. The zero-order valence-corrected chi connectivity index (χ0v) is 7.95. The number of aromatic nitrogens is 2. The Morgan fingerprint density at radius 3 is 2.91 bits per heavy atom. The third-order valence-electron chi connectivity index (χ3n) is 1.26. The SMILES string of the molecule is CSCC(C)c1nc(Cl)no1. The molecule has 0 aliphatic carbocycles. The van der Waals surface area contributed by atoms with Crippen LogP contribution < -0.4 is 0 Å². The summed E-state index contributed by atoms with van der Waals surface area (Å²) in [6.45, 7) is 2.03. The maximum atomic E-state index is 5.48. The number of rotatable bonds is 3. The lowest BCUT2D eigenvalue weighted by atomic mass is 10.2. The van der Waals surface area contributed by atoms with Gasteiger partial charge < -0.3 is 4.52 Å². The van der Waals surface area contributed by atoms with Gasteiger partial charge in [0.25, 0.3) is 5.28 Å². The lowest BCUT2D eigenvalue weighted by molar-refractivity contribution is 0.366. The van der Waals surface area contributed by atoms with Crippen LogP contribution in [0.4, 0.5) is 0 Å². The Balaban J connectivity index is 2.60. The Hall–Kier alpha value is -0.220. The molecular formula is C6H9ClN2OS. The minimum Gasteiger partial charge on any atom is -0.338 e. The first-order chi connectivity index (χ1) is 5.24. The van der Waals surface area contributed by atoms with Crippen LogP contribution in [-0.2, 0) is 0 Å². The molecule has 1 aromatic rings. The highest BCUT2D eigenvalue weighted by atomic mass is 35.5. The van der Waals surface area contributed by atoms with E-state index in [0.717, 1.165) is 5.75 Å². The van der Waals surface area contributed by atoms with E-state index in [1.807, 2.05) is 13.2 Å². The average Bonchev–Trinajstić information content (AvgIpc) is 2.36. The monoisotopic (exact) mass is 192 g/mol. The summed E-state index contributed by atoms with van der Waals surface area (Å²) in [6, 6.07) is 0. The van der Waals surface area contributed by atoms with Gasteiger partial charge in [-0.3, -0.25) is 0 Å². The van der Waals surface area contributed by atoms with Gasteiger partial charge in [0.15, 0.2) is 0 Å². The van der Waals surface area contributed by atoms with Crippen LogP contribution in [0.3, 0.4) is 0 Å². The Morgan fingerprint density at radius 1 is 1.73 bits per heavy atom. The smallest absolute Gasteiger partial charge is 0.263 e. The van der Waals surface area contributed by atoms with Crippen LogP contribution in [0.5, 0.6) is 0 Å². The lowest BCUT2D eigenvalue weighted by Gasteiger charge is -2.00. The molecule has 0 saturated heterocycles. The Bertz CT molecular complexity index is 228. The van der Waals surface area contributed by atoms with Gasteiger partial charge in [-0.25, -0.2) is 0 Å². The molecule has 0 aromatic carbocycles. The molecular weight excluding hydrogens is 184 g/mol. The number of thioether (sulfide) groups is 1. The van der Waals surface area contributed by atoms with Gasteiger partial charge >= 0.3 is 0 Å². The van der Waals surface area contributed by atoms with Gasteiger partial charge in [0, 0.05) is 11.7 Å². The highest BCUT2D eigenvalue weighted by molar-refractivity contribution is 7.98. The first kappa shape index (κ1) is 8.87. The maximum Gasteiger partial charge on any atom is 0.263 e. The predicted octanol–water partition coefficient (Wildman–Crippen LogP) is 2.19. The summed E-state index contributed by atoms with van der Waals surface area (Å²) in [5.41, 5.74) is 0. The molecule has 62 valence electrons. The summed E-state index contributed by atoms with van der Waals surface area (Å²) in [4.78, 5) is 3.90. The fraction of sp³-hybridized carbons (Fsp3) is 0.667. The third-order valence-corrected chi connectivity index (χ3v) is 2.24. The predicted molar refractivity (Wildman–Crippen MR) is 46.1 cm³/mol. The van der Waals surface area contributed by atoms with E-state index < -0.39 is 0 Å². The quantitative estimate of drug-likeness (QED) is 0.736. The second-order valence-electron chi connectivity index (χ2n) is 2.26. The van der Waals surface area contributed by atoms with E-state index >= 15 is 0 Å². The molecule has 1 heterocycles. The van der Waals surface area contributed by atoms with Crippen LogP contribution in [0.1, 0.15) is 18.7 Å². The minimum absolute atomic E-state index is 0.188. The molecule has 0 fully saturated rings. The largest absolute Gasteiger partial charge is 0.338 e. The van der Waals surface area contributed by atoms with Crippen LogP contribution in [0.25, 0.3) is 0 Å². The third kappa shape index (κ3) is 2.38. The van der Waals surface area contributed by atoms with Gasteiger partial charge in [-0.2, -0.15) is 16.7 Å². The highest BCUT2D eigenvalue weighted by Gasteiger charge is 2.11. The molecule has 1 rings (SSSR count). The summed E-state index contributed by atoms with van der Waals surface area (Å²) in [5, 5.41) is 3.68. The Kier molecular flexibility index (Phi) is 3.20. The van der Waals surface area contributed by atoms with Crippen molar-refractivity contribution >= 4 is 23.4 Å². The van der Waals surface area contributed by atoms with Crippen molar-refractivity contribution in [3.05, 3.63) is 11.2 Å². The fourth-order valence-corrected chi connectivity index (χ4v) is 1.50. The van der Waals surface area contributed by atoms with Gasteiger partial charge in [-0.15, -0.1) is 0 Å². The van der Waals surface area contributed by atoms with E-state index in [1.165, 1.54) is 0 Å². The summed E-state index contributed by atoms with van der Waals surface area (Å²) in [7, 11) is 0. The molecule has 1 unspecified atom stereocenters. The maximum absolute atomic E-state index is 5.48. The molecule has 1 atom stereocenters. The standard InChI is InChI=1S/C6H9ClN2OS/c1-4(3-11-2)5-8-6(7)9-10-5/h4H,3H2,1-2H3. The van der Waals surface area contributed by atoms with Crippen molar-refractivity contribution in [1.82, 2.24) is 10.1 Å². The van der Waals surface area contributed by atoms with Crippen molar-refractivity contribution in [3.63, 3.8) is 0 Å². The molecule has 0 N–H and O–H groups in total. The van der Waals surface area contributed by atoms with Crippen LogP contribution in [0, 0.1) is 0 Å². The zero-order valence-electron chi connectivity index (χ0n) is 6.37. The molecule has 0 bridgehead atoms. The zero-order chi connectivity index (χ0) is 8.27. The van der Waals surface area contributed by atoms with Crippen molar-refractivity contribution in [2.24, 2.45) is 0 Å². The molecule has 0 radical (unpaired) electrons. The summed E-state index contributed by atoms with van der Waals surface area (Å²) >= 11 is 7.22. The van der Waals surface area contributed by atoms with Gasteiger partial charge in [0.1, 0.15) is 0 Å². The average molecular weight is 193 g/mol. The Morgan fingerprint density at radius 2 is 2.45 bits per heavy atom. The minimum atomic E-state index is 0.188. The molecule has 0 aliphatic heterocycles. The molecule has 0 spiro atoms. The van der Waals surface area contributed by atoms with Crippen LogP contribution in [-0.4, -0.2) is 22.1 Å². The van der Waals surface area contributed by atoms with Gasteiger partial charge in [-0.05, 0) is 23.0 Å².